The van der Waals surface area contributed by atoms with E-state index in [2.05, 4.69) is 5.32 Å². The highest BCUT2D eigenvalue weighted by molar-refractivity contribution is 5.67. The lowest BCUT2D eigenvalue weighted by atomic mass is 10.0. The molecule has 0 unspecified atom stereocenters. The maximum Gasteiger partial charge on any atom is 0.407 e. The van der Waals surface area contributed by atoms with Gasteiger partial charge >= 0.3 is 6.09 Å². The van der Waals surface area contributed by atoms with E-state index >= 15 is 0 Å². The second-order valence-electron chi connectivity index (χ2n) is 6.79. The molecule has 0 radical (unpaired) electrons. The normalized spacial score (nSPS) is 12.6. The van der Waals surface area contributed by atoms with E-state index in [4.69, 9.17) is 9.47 Å². The molecule has 0 aliphatic heterocycles. The number of benzene rings is 3. The zero-order chi connectivity index (χ0) is 20.5. The lowest BCUT2D eigenvalue weighted by molar-refractivity contribution is 0.106. The van der Waals surface area contributed by atoms with E-state index in [0.29, 0.717) is 17.9 Å². The Balaban J connectivity index is 1.52. The zero-order valence-corrected chi connectivity index (χ0v) is 16.3. The molecule has 3 aromatic rings. The van der Waals surface area contributed by atoms with Gasteiger partial charge < -0.3 is 19.9 Å². The lowest BCUT2D eigenvalue weighted by Gasteiger charge is -2.21. The molecule has 29 heavy (non-hydrogen) atoms. The topological polar surface area (TPSA) is 67.8 Å². The molecule has 1 amide bonds. The molecular formula is C24H25NO4. The third kappa shape index (κ3) is 6.36. The Bertz CT molecular complexity index is 899. The third-order valence-electron chi connectivity index (χ3n) is 4.48. The number of hydrogen-bond donors (Lipinski definition) is 2. The number of carbonyl (C=O) groups excluding carboxylic acids is 1. The number of alkyl carbamates (subject to hydrolysis) is 1. The summed E-state index contributed by atoms with van der Waals surface area (Å²) in [6, 6.07) is 26.0. The van der Waals surface area contributed by atoms with Gasteiger partial charge in [-0.2, -0.15) is 0 Å². The van der Waals surface area contributed by atoms with Crippen molar-refractivity contribution in [3.05, 3.63) is 102 Å². The molecule has 0 spiro atoms. The molecule has 0 fully saturated rings. The molecule has 3 aromatic carbocycles. The first-order chi connectivity index (χ1) is 14.1. The molecule has 0 aliphatic carbocycles. The first-order valence-electron chi connectivity index (χ1n) is 9.54. The highest BCUT2D eigenvalue weighted by Gasteiger charge is 2.19. The number of hydrogen-bond acceptors (Lipinski definition) is 4. The molecule has 0 aromatic heterocycles. The molecule has 0 saturated carbocycles. The van der Waals surface area contributed by atoms with Crippen LogP contribution in [-0.2, 0) is 18.0 Å². The van der Waals surface area contributed by atoms with Crippen molar-refractivity contribution < 1.29 is 19.4 Å². The van der Waals surface area contributed by atoms with Gasteiger partial charge in [0.25, 0.3) is 0 Å². The summed E-state index contributed by atoms with van der Waals surface area (Å²) >= 11 is 0. The minimum atomic E-state index is -0.889. The minimum absolute atomic E-state index is 0.179. The Morgan fingerprint density at radius 2 is 1.52 bits per heavy atom. The van der Waals surface area contributed by atoms with Crippen LogP contribution in [0.4, 0.5) is 4.79 Å². The van der Waals surface area contributed by atoms with E-state index in [1.165, 1.54) is 0 Å². The number of amides is 1. The Morgan fingerprint density at radius 3 is 2.17 bits per heavy atom. The average molecular weight is 391 g/mol. The maximum absolute atomic E-state index is 12.0. The smallest absolute Gasteiger partial charge is 0.407 e. The van der Waals surface area contributed by atoms with Gasteiger partial charge in [0.15, 0.2) is 0 Å². The van der Waals surface area contributed by atoms with Crippen molar-refractivity contribution in [1.29, 1.82) is 0 Å². The summed E-state index contributed by atoms with van der Waals surface area (Å²) in [5.74, 6) is 0.657. The van der Waals surface area contributed by atoms with Crippen LogP contribution < -0.4 is 10.1 Å². The first-order valence-corrected chi connectivity index (χ1v) is 9.54. The number of ether oxygens (including phenoxy) is 2. The Kier molecular flexibility index (Phi) is 7.25. The van der Waals surface area contributed by atoms with Crippen LogP contribution in [-0.4, -0.2) is 17.2 Å². The SMILES string of the molecule is C[C@H](NC(=O)OCc1ccccc1)[C@@H](O)c1cccc(OCc2ccccc2)c1. The molecule has 2 N–H and O–H groups in total. The van der Waals surface area contributed by atoms with Gasteiger partial charge in [0.1, 0.15) is 19.0 Å². The Labute approximate surface area is 170 Å². The van der Waals surface area contributed by atoms with Crippen LogP contribution >= 0.6 is 0 Å². The van der Waals surface area contributed by atoms with Gasteiger partial charge in [-0.15, -0.1) is 0 Å². The average Bonchev–Trinajstić information content (AvgIpc) is 2.77. The van der Waals surface area contributed by atoms with E-state index < -0.39 is 18.2 Å². The van der Waals surface area contributed by atoms with Crippen LogP contribution in [0.1, 0.15) is 29.7 Å². The lowest BCUT2D eigenvalue weighted by Crippen LogP contribution is -2.37. The van der Waals surface area contributed by atoms with Crippen LogP contribution in [0.25, 0.3) is 0 Å². The van der Waals surface area contributed by atoms with Crippen LogP contribution in [0.5, 0.6) is 5.75 Å². The summed E-state index contributed by atoms with van der Waals surface area (Å²) in [6.45, 7) is 2.35. The van der Waals surface area contributed by atoms with Gasteiger partial charge in [-0.25, -0.2) is 4.79 Å². The van der Waals surface area contributed by atoms with Gasteiger partial charge in [-0.3, -0.25) is 0 Å². The van der Waals surface area contributed by atoms with Crippen LogP contribution in [0.3, 0.4) is 0 Å². The third-order valence-corrected chi connectivity index (χ3v) is 4.48. The van der Waals surface area contributed by atoms with E-state index in [0.717, 1.165) is 11.1 Å². The maximum atomic E-state index is 12.0. The molecule has 3 rings (SSSR count). The number of carbonyl (C=O) groups is 1. The Morgan fingerprint density at radius 1 is 0.897 bits per heavy atom. The summed E-state index contributed by atoms with van der Waals surface area (Å²) < 4.78 is 11.0. The monoisotopic (exact) mass is 391 g/mol. The molecule has 0 aliphatic rings. The molecular weight excluding hydrogens is 366 g/mol. The van der Waals surface area contributed by atoms with Crippen molar-refractivity contribution in [2.75, 3.05) is 0 Å². The van der Waals surface area contributed by atoms with E-state index in [1.54, 1.807) is 19.1 Å². The van der Waals surface area contributed by atoms with Gasteiger partial charge in [0, 0.05) is 0 Å². The highest BCUT2D eigenvalue weighted by atomic mass is 16.5. The summed E-state index contributed by atoms with van der Waals surface area (Å²) in [5, 5.41) is 13.3. The molecule has 0 saturated heterocycles. The molecule has 150 valence electrons. The van der Waals surface area contributed by atoms with Crippen molar-refractivity contribution in [1.82, 2.24) is 5.32 Å². The number of nitrogens with one attached hydrogen (secondary N) is 1. The molecule has 5 nitrogen and oxygen atoms in total. The number of aliphatic hydroxyl groups excluding tert-OH is 1. The zero-order valence-electron chi connectivity index (χ0n) is 16.3. The largest absolute Gasteiger partial charge is 0.489 e. The number of aliphatic hydroxyl groups is 1. The quantitative estimate of drug-likeness (QED) is 0.588. The fourth-order valence-electron chi connectivity index (χ4n) is 2.85. The summed E-state index contributed by atoms with van der Waals surface area (Å²) in [4.78, 5) is 12.0. The van der Waals surface area contributed by atoms with Crippen molar-refractivity contribution in [3.8, 4) is 5.75 Å². The van der Waals surface area contributed by atoms with E-state index in [1.807, 2.05) is 72.8 Å². The van der Waals surface area contributed by atoms with Gasteiger partial charge in [-0.05, 0) is 35.7 Å². The van der Waals surface area contributed by atoms with Crippen molar-refractivity contribution in [2.45, 2.75) is 32.3 Å². The number of rotatable bonds is 8. The summed E-state index contributed by atoms with van der Waals surface area (Å²) in [6.07, 6.45) is -1.46. The first kappa shape index (κ1) is 20.4. The fraction of sp³-hybridized carbons (Fsp3) is 0.208. The minimum Gasteiger partial charge on any atom is -0.489 e. The molecule has 5 heteroatoms. The summed E-state index contributed by atoms with van der Waals surface area (Å²) in [7, 11) is 0. The van der Waals surface area contributed by atoms with Crippen molar-refractivity contribution >= 4 is 6.09 Å². The predicted octanol–water partition coefficient (Wildman–Crippen LogP) is 4.61. The molecule has 2 atom stereocenters. The fourth-order valence-corrected chi connectivity index (χ4v) is 2.85. The van der Waals surface area contributed by atoms with Gasteiger partial charge in [0.2, 0.25) is 0 Å². The van der Waals surface area contributed by atoms with Crippen molar-refractivity contribution in [2.24, 2.45) is 0 Å². The summed E-state index contributed by atoms with van der Waals surface area (Å²) in [5.41, 5.74) is 2.63. The molecule has 0 heterocycles. The van der Waals surface area contributed by atoms with Crippen LogP contribution in [0, 0.1) is 0 Å². The van der Waals surface area contributed by atoms with Crippen LogP contribution in [0.15, 0.2) is 84.9 Å². The van der Waals surface area contributed by atoms with Crippen molar-refractivity contribution in [3.63, 3.8) is 0 Å². The van der Waals surface area contributed by atoms with Crippen LogP contribution in [0.2, 0.25) is 0 Å². The standard InChI is InChI=1S/C24H25NO4/c1-18(25-24(27)29-17-20-11-6-3-7-12-20)23(26)21-13-8-14-22(15-21)28-16-19-9-4-2-5-10-19/h2-15,18,23,26H,16-17H2,1H3,(H,25,27)/t18-,23+/m0/s1. The second-order valence-corrected chi connectivity index (χ2v) is 6.79. The predicted molar refractivity (Wildman–Crippen MR) is 111 cm³/mol. The Hall–Kier alpha value is -3.31. The highest BCUT2D eigenvalue weighted by Crippen LogP contribution is 2.22. The molecule has 0 bridgehead atoms. The van der Waals surface area contributed by atoms with Gasteiger partial charge in [-0.1, -0.05) is 72.8 Å². The van der Waals surface area contributed by atoms with E-state index in [-0.39, 0.29) is 6.61 Å². The van der Waals surface area contributed by atoms with E-state index in [9.17, 15) is 9.90 Å². The second kappa shape index (κ2) is 10.3. The van der Waals surface area contributed by atoms with Gasteiger partial charge in [0.05, 0.1) is 12.1 Å².